The second kappa shape index (κ2) is 9.57. The molecule has 0 amide bonds. The molecule has 24 heavy (non-hydrogen) atoms. The zero-order valence-electron chi connectivity index (χ0n) is 14.6. The van der Waals surface area contributed by atoms with E-state index >= 15 is 0 Å². The number of halogens is 1. The number of guanidine groups is 1. The van der Waals surface area contributed by atoms with Gasteiger partial charge in [-0.15, -0.1) is 24.0 Å². The van der Waals surface area contributed by atoms with Crippen LogP contribution in [0.4, 0.5) is 0 Å². The van der Waals surface area contributed by atoms with Crippen LogP contribution in [0.1, 0.15) is 12.1 Å². The average molecular weight is 448 g/mol. The van der Waals surface area contributed by atoms with Gasteiger partial charge < -0.3 is 15.0 Å². The number of aliphatic imine (C=N–C) groups is 1. The Kier molecular flexibility index (Phi) is 7.76. The summed E-state index contributed by atoms with van der Waals surface area (Å²) in [5.74, 6) is 1.71. The Morgan fingerprint density at radius 2 is 2.17 bits per heavy atom. The summed E-state index contributed by atoms with van der Waals surface area (Å²) in [5.41, 5.74) is 1.16. The minimum Gasteiger partial charge on any atom is -0.381 e. The van der Waals surface area contributed by atoms with Gasteiger partial charge in [0.15, 0.2) is 5.96 Å². The molecule has 1 N–H and O–H groups in total. The van der Waals surface area contributed by atoms with Crippen LogP contribution in [0, 0.1) is 5.92 Å². The van der Waals surface area contributed by atoms with Crippen molar-refractivity contribution in [1.29, 1.82) is 0 Å². The molecule has 1 aromatic rings. The third kappa shape index (κ3) is 5.06. The van der Waals surface area contributed by atoms with E-state index in [2.05, 4.69) is 25.2 Å². The number of aryl methyl sites for hydroxylation is 1. The highest BCUT2D eigenvalue weighted by molar-refractivity contribution is 14.0. The van der Waals surface area contributed by atoms with Crippen LogP contribution in [0.25, 0.3) is 0 Å². The van der Waals surface area contributed by atoms with Crippen molar-refractivity contribution < 1.29 is 4.74 Å². The summed E-state index contributed by atoms with van der Waals surface area (Å²) < 4.78 is 7.37. The molecule has 0 spiro atoms. The second-order valence-electron chi connectivity index (χ2n) is 6.36. The van der Waals surface area contributed by atoms with Gasteiger partial charge in [-0.25, -0.2) is 0 Å². The van der Waals surface area contributed by atoms with E-state index in [1.807, 2.05) is 31.0 Å². The molecule has 8 heteroatoms. The van der Waals surface area contributed by atoms with Crippen molar-refractivity contribution in [2.45, 2.75) is 13.0 Å². The van der Waals surface area contributed by atoms with E-state index in [0.29, 0.717) is 0 Å². The van der Waals surface area contributed by atoms with E-state index < -0.39 is 0 Å². The van der Waals surface area contributed by atoms with Gasteiger partial charge >= 0.3 is 0 Å². The van der Waals surface area contributed by atoms with Gasteiger partial charge in [-0.1, -0.05) is 0 Å². The third-order valence-corrected chi connectivity index (χ3v) is 4.77. The standard InChI is InChI=1S/C16H28N6O.HI/c1-17-16(18-11-15-3-5-19-20(15)2)22-8-6-21(7-9-22)12-14-4-10-23-13-14;/h3,5,14H,4,6-13H2,1-2H3,(H,17,18);1H. The van der Waals surface area contributed by atoms with E-state index in [0.717, 1.165) is 63.5 Å². The van der Waals surface area contributed by atoms with Crippen molar-refractivity contribution in [1.82, 2.24) is 24.9 Å². The number of piperazine rings is 1. The molecule has 0 aromatic carbocycles. The average Bonchev–Trinajstić information content (AvgIpc) is 3.21. The molecule has 1 unspecified atom stereocenters. The third-order valence-electron chi connectivity index (χ3n) is 4.77. The number of nitrogens with zero attached hydrogens (tertiary/aromatic N) is 5. The molecule has 0 bridgehead atoms. The van der Waals surface area contributed by atoms with Crippen LogP contribution in [0.15, 0.2) is 17.3 Å². The van der Waals surface area contributed by atoms with Gasteiger partial charge in [0.1, 0.15) is 0 Å². The SMILES string of the molecule is CN=C(NCc1ccnn1C)N1CCN(CC2CCOC2)CC1.I. The monoisotopic (exact) mass is 448 g/mol. The summed E-state index contributed by atoms with van der Waals surface area (Å²) in [7, 11) is 3.82. The van der Waals surface area contributed by atoms with Crippen molar-refractivity contribution in [2.75, 3.05) is 53.0 Å². The van der Waals surface area contributed by atoms with Gasteiger partial charge in [0.25, 0.3) is 0 Å². The number of nitrogens with one attached hydrogen (secondary N) is 1. The summed E-state index contributed by atoms with van der Waals surface area (Å²) in [6, 6.07) is 2.03. The molecule has 2 aliphatic heterocycles. The first kappa shape index (κ1) is 19.5. The Labute approximate surface area is 161 Å². The summed E-state index contributed by atoms with van der Waals surface area (Å²) >= 11 is 0. The molecule has 3 heterocycles. The molecule has 1 atom stereocenters. The lowest BCUT2D eigenvalue weighted by Crippen LogP contribution is -2.53. The molecule has 0 saturated carbocycles. The molecule has 2 saturated heterocycles. The molecule has 2 fully saturated rings. The van der Waals surface area contributed by atoms with Crippen molar-refractivity contribution in [3.63, 3.8) is 0 Å². The van der Waals surface area contributed by atoms with Crippen LogP contribution in [0.5, 0.6) is 0 Å². The predicted octanol–water partition coefficient (Wildman–Crippen LogP) is 0.768. The molecule has 0 radical (unpaired) electrons. The molecule has 7 nitrogen and oxygen atoms in total. The fourth-order valence-corrected chi connectivity index (χ4v) is 3.31. The number of hydrogen-bond acceptors (Lipinski definition) is 4. The maximum absolute atomic E-state index is 5.48. The molecule has 2 aliphatic rings. The highest BCUT2D eigenvalue weighted by Gasteiger charge is 2.23. The van der Waals surface area contributed by atoms with Crippen molar-refractivity contribution in [3.8, 4) is 0 Å². The first-order valence-electron chi connectivity index (χ1n) is 8.49. The van der Waals surface area contributed by atoms with E-state index in [9.17, 15) is 0 Å². The van der Waals surface area contributed by atoms with Gasteiger partial charge in [-0.3, -0.25) is 14.6 Å². The zero-order valence-corrected chi connectivity index (χ0v) is 17.0. The van der Waals surface area contributed by atoms with Crippen molar-refractivity contribution >= 4 is 29.9 Å². The number of hydrogen-bond donors (Lipinski definition) is 1. The first-order valence-corrected chi connectivity index (χ1v) is 8.49. The summed E-state index contributed by atoms with van der Waals surface area (Å²) in [4.78, 5) is 9.34. The lowest BCUT2D eigenvalue weighted by Gasteiger charge is -2.37. The highest BCUT2D eigenvalue weighted by atomic mass is 127. The van der Waals surface area contributed by atoms with Gasteiger partial charge in [-0.2, -0.15) is 5.10 Å². The predicted molar refractivity (Wildman–Crippen MR) is 106 cm³/mol. The second-order valence-corrected chi connectivity index (χ2v) is 6.36. The molecule has 1 aromatic heterocycles. The molecular formula is C16H29IN6O. The lowest BCUT2D eigenvalue weighted by molar-refractivity contribution is 0.139. The number of ether oxygens (including phenoxy) is 1. The van der Waals surface area contributed by atoms with Crippen molar-refractivity contribution in [2.24, 2.45) is 18.0 Å². The van der Waals surface area contributed by atoms with Crippen LogP contribution >= 0.6 is 24.0 Å². The Morgan fingerprint density at radius 1 is 1.38 bits per heavy atom. The quantitative estimate of drug-likeness (QED) is 0.419. The van der Waals surface area contributed by atoms with Gasteiger partial charge in [0, 0.05) is 59.6 Å². The van der Waals surface area contributed by atoms with Crippen LogP contribution in [-0.2, 0) is 18.3 Å². The first-order chi connectivity index (χ1) is 11.3. The number of rotatable bonds is 4. The van der Waals surface area contributed by atoms with Crippen LogP contribution in [-0.4, -0.2) is 78.5 Å². The van der Waals surface area contributed by atoms with Gasteiger partial charge in [-0.05, 0) is 18.4 Å². The Bertz CT molecular complexity index is 520. The van der Waals surface area contributed by atoms with E-state index in [4.69, 9.17) is 4.74 Å². The Balaban J connectivity index is 0.00000208. The minimum atomic E-state index is 0. The maximum atomic E-state index is 5.48. The van der Waals surface area contributed by atoms with E-state index in [1.165, 1.54) is 13.0 Å². The molecule has 0 aliphatic carbocycles. The molecule has 3 rings (SSSR count). The maximum Gasteiger partial charge on any atom is 0.194 e. The van der Waals surface area contributed by atoms with Gasteiger partial charge in [0.2, 0.25) is 0 Å². The Hall–Kier alpha value is -0.870. The zero-order chi connectivity index (χ0) is 16.1. The van der Waals surface area contributed by atoms with Crippen LogP contribution in [0.2, 0.25) is 0 Å². The van der Waals surface area contributed by atoms with Gasteiger partial charge in [0.05, 0.1) is 18.8 Å². The van der Waals surface area contributed by atoms with Crippen molar-refractivity contribution in [3.05, 3.63) is 18.0 Å². The largest absolute Gasteiger partial charge is 0.381 e. The molecule has 136 valence electrons. The smallest absolute Gasteiger partial charge is 0.194 e. The van der Waals surface area contributed by atoms with E-state index in [1.54, 1.807) is 0 Å². The summed E-state index contributed by atoms with van der Waals surface area (Å²) in [6.07, 6.45) is 3.04. The van der Waals surface area contributed by atoms with Crippen LogP contribution in [0.3, 0.4) is 0 Å². The fourth-order valence-electron chi connectivity index (χ4n) is 3.31. The van der Waals surface area contributed by atoms with Crippen LogP contribution < -0.4 is 5.32 Å². The van der Waals surface area contributed by atoms with E-state index in [-0.39, 0.29) is 24.0 Å². The minimum absolute atomic E-state index is 0. The highest BCUT2D eigenvalue weighted by Crippen LogP contribution is 2.15. The lowest BCUT2D eigenvalue weighted by atomic mass is 10.1. The number of aromatic nitrogens is 2. The summed E-state index contributed by atoms with van der Waals surface area (Å²) in [6.45, 7) is 8.06. The summed E-state index contributed by atoms with van der Waals surface area (Å²) in [5, 5.41) is 7.64. The fraction of sp³-hybridized carbons (Fsp3) is 0.750. The topological polar surface area (TPSA) is 57.9 Å². The molecular weight excluding hydrogens is 419 g/mol. The Morgan fingerprint density at radius 3 is 2.75 bits per heavy atom. The normalized spacial score (nSPS) is 22.5.